The zero-order chi connectivity index (χ0) is 20.4. The van der Waals surface area contributed by atoms with Gasteiger partial charge in [-0.3, -0.25) is 9.48 Å². The Hall–Kier alpha value is -2.67. The molecule has 152 valence electrons. The molecule has 1 aromatic carbocycles. The van der Waals surface area contributed by atoms with Gasteiger partial charge in [0.05, 0.1) is 10.7 Å². The maximum Gasteiger partial charge on any atom is 0.226 e. The predicted octanol–water partition coefficient (Wildman–Crippen LogP) is 4.17. The Morgan fingerprint density at radius 2 is 2.03 bits per heavy atom. The van der Waals surface area contributed by atoms with Crippen LogP contribution in [0.1, 0.15) is 42.9 Å². The van der Waals surface area contributed by atoms with Crippen LogP contribution in [0.5, 0.6) is 0 Å². The van der Waals surface area contributed by atoms with Crippen LogP contribution in [0, 0.1) is 13.8 Å². The number of amides is 1. The molecule has 8 heteroatoms. The van der Waals surface area contributed by atoms with Crippen molar-refractivity contribution in [3.05, 3.63) is 46.5 Å². The van der Waals surface area contributed by atoms with Crippen molar-refractivity contribution in [2.24, 2.45) is 0 Å². The average Bonchev–Trinajstić information content (AvgIpc) is 3.14. The fourth-order valence-electron chi connectivity index (χ4n) is 3.79. The summed E-state index contributed by atoms with van der Waals surface area (Å²) in [7, 11) is 0. The summed E-state index contributed by atoms with van der Waals surface area (Å²) in [4.78, 5) is 12.4. The van der Waals surface area contributed by atoms with Gasteiger partial charge in [0.1, 0.15) is 5.82 Å². The van der Waals surface area contributed by atoms with Crippen molar-refractivity contribution >= 4 is 23.2 Å². The highest BCUT2D eigenvalue weighted by Crippen LogP contribution is 2.31. The van der Waals surface area contributed by atoms with Crippen LogP contribution in [0.25, 0.3) is 11.4 Å². The minimum atomic E-state index is -0.0640. The van der Waals surface area contributed by atoms with E-state index in [1.807, 2.05) is 36.7 Å². The van der Waals surface area contributed by atoms with Crippen molar-refractivity contribution in [3.8, 4) is 11.4 Å². The van der Waals surface area contributed by atoms with E-state index < -0.39 is 0 Å². The summed E-state index contributed by atoms with van der Waals surface area (Å²) >= 11 is 6.46. The fraction of sp³-hybridized carbons (Fsp3) is 0.429. The standard InChI is InChI=1S/C21H25ClN6O/c1-14-12-15(2)28(26-14)11-9-20(29)23-16-7-8-18(22)17(13-16)21-25-24-19-6-4-3-5-10-27(19)21/h7-8,12-13H,3-6,9-11H2,1-2H3,(H,23,29). The second-order valence-corrected chi connectivity index (χ2v) is 7.95. The Kier molecular flexibility index (Phi) is 5.67. The highest BCUT2D eigenvalue weighted by molar-refractivity contribution is 6.33. The van der Waals surface area contributed by atoms with Crippen LogP contribution in [0.3, 0.4) is 0 Å². The van der Waals surface area contributed by atoms with Gasteiger partial charge in [0.2, 0.25) is 5.91 Å². The number of hydrogen-bond acceptors (Lipinski definition) is 4. The first-order valence-corrected chi connectivity index (χ1v) is 10.4. The number of halogens is 1. The van der Waals surface area contributed by atoms with Gasteiger partial charge in [0.25, 0.3) is 0 Å². The minimum absolute atomic E-state index is 0.0640. The molecule has 0 saturated carbocycles. The average molecular weight is 413 g/mol. The van der Waals surface area contributed by atoms with Gasteiger partial charge in [-0.1, -0.05) is 18.0 Å². The third-order valence-electron chi connectivity index (χ3n) is 5.25. The molecule has 3 aromatic rings. The second-order valence-electron chi connectivity index (χ2n) is 7.55. The predicted molar refractivity (Wildman–Crippen MR) is 113 cm³/mol. The molecular formula is C21H25ClN6O. The Bertz CT molecular complexity index is 1040. The molecule has 7 nitrogen and oxygen atoms in total. The van der Waals surface area contributed by atoms with Crippen molar-refractivity contribution in [1.29, 1.82) is 0 Å². The molecule has 3 heterocycles. The van der Waals surface area contributed by atoms with Crippen molar-refractivity contribution in [3.63, 3.8) is 0 Å². The molecule has 0 bridgehead atoms. The molecule has 1 N–H and O–H groups in total. The van der Waals surface area contributed by atoms with Gasteiger partial charge in [0.15, 0.2) is 5.82 Å². The van der Waals surface area contributed by atoms with Gasteiger partial charge in [0, 0.05) is 42.9 Å². The molecule has 0 atom stereocenters. The van der Waals surface area contributed by atoms with Crippen LogP contribution in [-0.4, -0.2) is 30.5 Å². The van der Waals surface area contributed by atoms with Crippen molar-refractivity contribution in [1.82, 2.24) is 24.5 Å². The minimum Gasteiger partial charge on any atom is -0.326 e. The number of carbonyl (C=O) groups excluding carboxylic acids is 1. The lowest BCUT2D eigenvalue weighted by Crippen LogP contribution is -2.15. The van der Waals surface area contributed by atoms with E-state index in [0.29, 0.717) is 23.7 Å². The molecule has 1 aliphatic heterocycles. The number of hydrogen-bond donors (Lipinski definition) is 1. The second kappa shape index (κ2) is 8.37. The van der Waals surface area contributed by atoms with E-state index in [1.165, 1.54) is 6.42 Å². The topological polar surface area (TPSA) is 77.6 Å². The van der Waals surface area contributed by atoms with Gasteiger partial charge in [-0.2, -0.15) is 5.10 Å². The normalized spacial score (nSPS) is 13.8. The zero-order valence-corrected chi connectivity index (χ0v) is 17.5. The van der Waals surface area contributed by atoms with Gasteiger partial charge in [-0.25, -0.2) is 0 Å². The third-order valence-corrected chi connectivity index (χ3v) is 5.58. The molecule has 0 aliphatic carbocycles. The van der Waals surface area contributed by atoms with E-state index in [1.54, 1.807) is 6.07 Å². The number of benzene rings is 1. The zero-order valence-electron chi connectivity index (χ0n) is 16.8. The fourth-order valence-corrected chi connectivity index (χ4v) is 3.99. The smallest absolute Gasteiger partial charge is 0.226 e. The first-order valence-electron chi connectivity index (χ1n) is 10.0. The van der Waals surface area contributed by atoms with Crippen LogP contribution >= 0.6 is 11.6 Å². The van der Waals surface area contributed by atoms with Crippen LogP contribution in [-0.2, 0) is 24.3 Å². The number of aromatic nitrogens is 5. The number of carbonyl (C=O) groups is 1. The van der Waals surface area contributed by atoms with Crippen LogP contribution in [0.4, 0.5) is 5.69 Å². The lowest BCUT2D eigenvalue weighted by atomic mass is 10.1. The third kappa shape index (κ3) is 4.34. The number of rotatable bonds is 5. The van der Waals surface area contributed by atoms with Crippen LogP contribution in [0.15, 0.2) is 24.3 Å². The summed E-state index contributed by atoms with van der Waals surface area (Å²) in [6.45, 7) is 5.38. The summed E-state index contributed by atoms with van der Waals surface area (Å²) in [6, 6.07) is 7.50. The van der Waals surface area contributed by atoms with E-state index >= 15 is 0 Å². The lowest BCUT2D eigenvalue weighted by Gasteiger charge is -2.11. The molecule has 2 aromatic heterocycles. The Morgan fingerprint density at radius 1 is 1.17 bits per heavy atom. The van der Waals surface area contributed by atoms with Gasteiger partial charge >= 0.3 is 0 Å². The maximum atomic E-state index is 12.4. The molecule has 1 amide bonds. The van der Waals surface area contributed by atoms with Gasteiger partial charge in [-0.05, 0) is 51.0 Å². The molecule has 0 fully saturated rings. The molecule has 29 heavy (non-hydrogen) atoms. The first kappa shape index (κ1) is 19.6. The summed E-state index contributed by atoms with van der Waals surface area (Å²) in [6.07, 6.45) is 4.73. The van der Waals surface area contributed by atoms with E-state index in [-0.39, 0.29) is 5.91 Å². The molecular weight excluding hydrogens is 388 g/mol. The number of anilines is 1. The van der Waals surface area contributed by atoms with Crippen LogP contribution in [0.2, 0.25) is 5.02 Å². The Balaban J connectivity index is 1.49. The first-order chi connectivity index (χ1) is 14.0. The van der Waals surface area contributed by atoms with Gasteiger partial charge in [-0.15, -0.1) is 10.2 Å². The van der Waals surface area contributed by atoms with Crippen LogP contribution < -0.4 is 5.32 Å². The summed E-state index contributed by atoms with van der Waals surface area (Å²) < 4.78 is 4.01. The number of nitrogens with zero attached hydrogens (tertiary/aromatic N) is 5. The van der Waals surface area contributed by atoms with E-state index in [9.17, 15) is 4.79 Å². The van der Waals surface area contributed by atoms with Crippen molar-refractivity contribution < 1.29 is 4.79 Å². The quantitative estimate of drug-likeness (QED) is 0.682. The van der Waals surface area contributed by atoms with Crippen molar-refractivity contribution in [2.75, 3.05) is 5.32 Å². The molecule has 4 rings (SSSR count). The Morgan fingerprint density at radius 3 is 2.83 bits per heavy atom. The van der Waals surface area contributed by atoms with E-state index in [4.69, 9.17) is 11.6 Å². The summed E-state index contributed by atoms with van der Waals surface area (Å²) in [5, 5.41) is 16.7. The Labute approximate surface area is 175 Å². The molecule has 0 unspecified atom stereocenters. The monoisotopic (exact) mass is 412 g/mol. The molecule has 1 aliphatic rings. The number of nitrogens with one attached hydrogen (secondary N) is 1. The SMILES string of the molecule is Cc1cc(C)n(CCC(=O)Nc2ccc(Cl)c(-c3nnc4n3CCCCC4)c2)n1. The van der Waals surface area contributed by atoms with E-state index in [2.05, 4.69) is 25.2 Å². The van der Waals surface area contributed by atoms with E-state index in [0.717, 1.165) is 54.4 Å². The van der Waals surface area contributed by atoms with Gasteiger partial charge < -0.3 is 9.88 Å². The largest absolute Gasteiger partial charge is 0.326 e. The molecule has 0 saturated heterocycles. The maximum absolute atomic E-state index is 12.4. The highest BCUT2D eigenvalue weighted by Gasteiger charge is 2.18. The number of aryl methyl sites for hydroxylation is 4. The highest BCUT2D eigenvalue weighted by atomic mass is 35.5. The summed E-state index contributed by atoms with van der Waals surface area (Å²) in [5.41, 5.74) is 3.51. The molecule has 0 radical (unpaired) electrons. The lowest BCUT2D eigenvalue weighted by molar-refractivity contribution is -0.116. The molecule has 0 spiro atoms. The number of fused-ring (bicyclic) bond motifs is 1. The summed E-state index contributed by atoms with van der Waals surface area (Å²) in [5.74, 6) is 1.71. The van der Waals surface area contributed by atoms with Crippen molar-refractivity contribution in [2.45, 2.75) is 59.0 Å².